The minimum absolute atomic E-state index is 0. The Hall–Kier alpha value is -1.55. The van der Waals surface area contributed by atoms with E-state index >= 15 is 0 Å². The summed E-state index contributed by atoms with van der Waals surface area (Å²) in [6.45, 7) is 6.82. The second-order valence-electron chi connectivity index (χ2n) is 7.23. The van der Waals surface area contributed by atoms with Crippen LogP contribution in [0.3, 0.4) is 0 Å². The summed E-state index contributed by atoms with van der Waals surface area (Å²) in [6, 6.07) is 6.30. The van der Waals surface area contributed by atoms with E-state index in [1.54, 1.807) is 11.3 Å². The van der Waals surface area contributed by atoms with Crippen molar-refractivity contribution in [2.75, 3.05) is 26.9 Å². The zero-order valence-electron chi connectivity index (χ0n) is 16.5. The van der Waals surface area contributed by atoms with Gasteiger partial charge in [-0.05, 0) is 44.4 Å². The molecule has 0 bridgehead atoms. The first-order valence-corrected chi connectivity index (χ1v) is 10.3. The average Bonchev–Trinajstić information content (AvgIpc) is 3.10. The highest BCUT2D eigenvalue weighted by atomic mass is 127. The fourth-order valence-corrected chi connectivity index (χ4v) is 4.01. The molecule has 2 heterocycles. The number of nitrogens with zero attached hydrogens (tertiary/aromatic N) is 3. The topological polar surface area (TPSA) is 59.0 Å². The van der Waals surface area contributed by atoms with E-state index < -0.39 is 0 Å². The van der Waals surface area contributed by atoms with E-state index in [0.717, 1.165) is 60.6 Å². The summed E-state index contributed by atoms with van der Waals surface area (Å²) in [5, 5.41) is 6.62. The van der Waals surface area contributed by atoms with Crippen LogP contribution >= 0.6 is 35.3 Å². The van der Waals surface area contributed by atoms with Crippen molar-refractivity contribution < 1.29 is 9.47 Å². The molecular weight excluding hydrogens is 487 g/mol. The van der Waals surface area contributed by atoms with Gasteiger partial charge < -0.3 is 19.7 Å². The Balaban J connectivity index is 0.00000225. The molecular formula is C20H27IN4O2S. The van der Waals surface area contributed by atoms with Crippen LogP contribution in [0, 0.1) is 6.92 Å². The molecule has 0 amide bonds. The standard InChI is InChI=1S/C20H26N4O2S.HI/c1-4-21-19(24(3)10-16-11-27-14(2)23-16)22-12-20(7-8-20)15-5-6-17-18(9-15)26-13-25-17;/h5-6,9,11H,4,7-8,10,12-13H2,1-3H3,(H,21,22);1H. The van der Waals surface area contributed by atoms with E-state index in [1.165, 1.54) is 5.56 Å². The Kier molecular flexibility index (Phi) is 6.69. The van der Waals surface area contributed by atoms with Crippen molar-refractivity contribution in [1.29, 1.82) is 0 Å². The van der Waals surface area contributed by atoms with Gasteiger partial charge in [0, 0.05) is 24.4 Å². The van der Waals surface area contributed by atoms with Crippen LogP contribution in [0.15, 0.2) is 28.6 Å². The maximum absolute atomic E-state index is 5.55. The second-order valence-corrected chi connectivity index (χ2v) is 8.29. The first-order valence-electron chi connectivity index (χ1n) is 9.40. The van der Waals surface area contributed by atoms with E-state index in [1.807, 2.05) is 13.0 Å². The molecule has 28 heavy (non-hydrogen) atoms. The molecule has 0 unspecified atom stereocenters. The van der Waals surface area contributed by atoms with Gasteiger partial charge in [-0.25, -0.2) is 4.98 Å². The zero-order valence-corrected chi connectivity index (χ0v) is 19.7. The van der Waals surface area contributed by atoms with Gasteiger partial charge in [0.15, 0.2) is 17.5 Å². The highest BCUT2D eigenvalue weighted by Crippen LogP contribution is 2.50. The number of nitrogens with one attached hydrogen (secondary N) is 1. The van der Waals surface area contributed by atoms with E-state index in [-0.39, 0.29) is 29.4 Å². The van der Waals surface area contributed by atoms with E-state index in [2.05, 4.69) is 46.7 Å². The summed E-state index contributed by atoms with van der Waals surface area (Å²) in [5.74, 6) is 2.62. The van der Waals surface area contributed by atoms with Gasteiger partial charge in [-0.3, -0.25) is 4.99 Å². The number of hydrogen-bond donors (Lipinski definition) is 1. The third kappa shape index (κ3) is 4.53. The Labute approximate surface area is 187 Å². The molecule has 1 aliphatic carbocycles. The van der Waals surface area contributed by atoms with Crippen LogP contribution in [0.2, 0.25) is 0 Å². The number of aromatic nitrogens is 1. The van der Waals surface area contributed by atoms with Crippen LogP contribution in [0.4, 0.5) is 0 Å². The quantitative estimate of drug-likeness (QED) is 0.360. The van der Waals surface area contributed by atoms with Crippen molar-refractivity contribution in [3.05, 3.63) is 39.8 Å². The first kappa shape index (κ1) is 21.2. The molecule has 2 aliphatic rings. The van der Waals surface area contributed by atoms with Crippen molar-refractivity contribution in [2.24, 2.45) is 4.99 Å². The Morgan fingerprint density at radius 3 is 2.79 bits per heavy atom. The van der Waals surface area contributed by atoms with E-state index in [4.69, 9.17) is 14.5 Å². The van der Waals surface area contributed by atoms with Gasteiger partial charge >= 0.3 is 0 Å². The van der Waals surface area contributed by atoms with Crippen LogP contribution < -0.4 is 14.8 Å². The molecule has 1 fully saturated rings. The highest BCUT2D eigenvalue weighted by molar-refractivity contribution is 14.0. The van der Waals surface area contributed by atoms with Gasteiger partial charge in [-0.2, -0.15) is 0 Å². The van der Waals surface area contributed by atoms with Crippen LogP contribution in [0.1, 0.15) is 36.0 Å². The number of fused-ring (bicyclic) bond motifs is 1. The molecule has 1 aromatic carbocycles. The molecule has 0 spiro atoms. The van der Waals surface area contributed by atoms with E-state index in [9.17, 15) is 0 Å². The zero-order chi connectivity index (χ0) is 18.9. The first-order chi connectivity index (χ1) is 13.1. The van der Waals surface area contributed by atoms with Crippen molar-refractivity contribution in [2.45, 2.75) is 38.6 Å². The molecule has 1 N–H and O–H groups in total. The van der Waals surface area contributed by atoms with E-state index in [0.29, 0.717) is 6.79 Å². The van der Waals surface area contributed by atoms with Crippen LogP contribution in [0.25, 0.3) is 0 Å². The summed E-state index contributed by atoms with van der Waals surface area (Å²) in [5.41, 5.74) is 2.51. The number of aliphatic imine (C=N–C) groups is 1. The molecule has 6 nitrogen and oxygen atoms in total. The van der Waals surface area contributed by atoms with Crippen molar-refractivity contribution in [3.63, 3.8) is 0 Å². The number of halogens is 1. The number of hydrogen-bond acceptors (Lipinski definition) is 5. The third-order valence-corrected chi connectivity index (χ3v) is 5.95. The smallest absolute Gasteiger partial charge is 0.231 e. The fourth-order valence-electron chi connectivity index (χ4n) is 3.41. The van der Waals surface area contributed by atoms with Gasteiger partial charge in [0.1, 0.15) is 0 Å². The third-order valence-electron chi connectivity index (χ3n) is 5.13. The molecule has 0 radical (unpaired) electrons. The van der Waals surface area contributed by atoms with Crippen LogP contribution in [-0.2, 0) is 12.0 Å². The predicted octanol–water partition coefficient (Wildman–Crippen LogP) is 3.93. The van der Waals surface area contributed by atoms with Crippen molar-refractivity contribution >= 4 is 41.3 Å². The largest absolute Gasteiger partial charge is 0.454 e. The van der Waals surface area contributed by atoms with Gasteiger partial charge in [0.2, 0.25) is 6.79 Å². The van der Waals surface area contributed by atoms with Gasteiger partial charge in [-0.1, -0.05) is 6.07 Å². The van der Waals surface area contributed by atoms with Gasteiger partial charge in [0.25, 0.3) is 0 Å². The Morgan fingerprint density at radius 2 is 2.11 bits per heavy atom. The lowest BCUT2D eigenvalue weighted by molar-refractivity contribution is 0.174. The molecule has 4 rings (SSSR count). The number of rotatable bonds is 6. The molecule has 1 saturated carbocycles. The molecule has 2 aromatic rings. The predicted molar refractivity (Wildman–Crippen MR) is 123 cm³/mol. The summed E-state index contributed by atoms with van der Waals surface area (Å²) in [4.78, 5) is 11.7. The number of guanidine groups is 1. The lowest BCUT2D eigenvalue weighted by Gasteiger charge is -2.22. The van der Waals surface area contributed by atoms with Gasteiger partial charge in [0.05, 0.1) is 23.8 Å². The Bertz CT molecular complexity index is 850. The molecule has 1 aromatic heterocycles. The summed E-state index contributed by atoms with van der Waals surface area (Å²) in [7, 11) is 2.07. The number of benzene rings is 1. The summed E-state index contributed by atoms with van der Waals surface area (Å²) >= 11 is 1.69. The normalized spacial score (nSPS) is 16.5. The van der Waals surface area contributed by atoms with Crippen molar-refractivity contribution in [1.82, 2.24) is 15.2 Å². The second kappa shape index (κ2) is 8.86. The molecule has 0 atom stereocenters. The SMILES string of the molecule is CCNC(=NCC1(c2ccc3c(c2)OCO3)CC1)N(C)Cc1csc(C)n1.I. The van der Waals surface area contributed by atoms with Crippen LogP contribution in [-0.4, -0.2) is 42.8 Å². The van der Waals surface area contributed by atoms with Crippen LogP contribution in [0.5, 0.6) is 11.5 Å². The molecule has 8 heteroatoms. The highest BCUT2D eigenvalue weighted by Gasteiger charge is 2.44. The van der Waals surface area contributed by atoms with Gasteiger partial charge in [-0.15, -0.1) is 35.3 Å². The number of aryl methyl sites for hydroxylation is 1. The maximum atomic E-state index is 5.55. The maximum Gasteiger partial charge on any atom is 0.231 e. The summed E-state index contributed by atoms with van der Waals surface area (Å²) < 4.78 is 11.0. The number of thiazole rings is 1. The molecule has 1 aliphatic heterocycles. The lowest BCUT2D eigenvalue weighted by atomic mass is 9.96. The van der Waals surface area contributed by atoms with Crippen molar-refractivity contribution in [3.8, 4) is 11.5 Å². The molecule has 0 saturated heterocycles. The monoisotopic (exact) mass is 514 g/mol. The average molecular weight is 514 g/mol. The summed E-state index contributed by atoms with van der Waals surface area (Å²) in [6.07, 6.45) is 2.31. The Morgan fingerprint density at radius 1 is 1.32 bits per heavy atom. The minimum Gasteiger partial charge on any atom is -0.454 e. The number of ether oxygens (including phenoxy) is 2. The lowest BCUT2D eigenvalue weighted by Crippen LogP contribution is -2.39. The molecule has 152 valence electrons. The fraction of sp³-hybridized carbons (Fsp3) is 0.500. The minimum atomic E-state index is 0.